The largest absolute Gasteiger partial charge is 0.477 e. The van der Waals surface area contributed by atoms with Gasteiger partial charge in [0, 0.05) is 0 Å². The number of benzene rings is 1. The van der Waals surface area contributed by atoms with Crippen LogP contribution in [0.2, 0.25) is 0 Å². The third kappa shape index (κ3) is 1.78. The molecule has 0 fully saturated rings. The molecule has 0 unspecified atom stereocenters. The molecule has 1 rings (SSSR count). The first kappa shape index (κ1) is 9.53. The summed E-state index contributed by atoms with van der Waals surface area (Å²) < 4.78 is 0. The molecule has 1 aromatic rings. The first-order valence-electron chi connectivity index (χ1n) is 3.23. The number of hydrogen-bond donors (Lipinski definition) is 2. The first-order chi connectivity index (χ1) is 6.04. The van der Waals surface area contributed by atoms with Crippen molar-refractivity contribution < 1.29 is 14.8 Å². The molecule has 0 aromatic heterocycles. The Morgan fingerprint density at radius 1 is 1.54 bits per heavy atom. The lowest BCUT2D eigenvalue weighted by atomic mass is 10.2. The lowest BCUT2D eigenvalue weighted by Gasteiger charge is -1.98. The number of thiol groups is 1. The highest BCUT2D eigenvalue weighted by molar-refractivity contribution is 7.80. The fourth-order valence-corrected chi connectivity index (χ4v) is 1.18. The van der Waals surface area contributed by atoms with Crippen molar-refractivity contribution >= 4 is 24.3 Å². The first-order valence-corrected chi connectivity index (χ1v) is 3.68. The summed E-state index contributed by atoms with van der Waals surface area (Å²) in [7, 11) is 0. The molecule has 1 N–H and O–H groups in total. The molecule has 68 valence electrons. The van der Waals surface area contributed by atoms with Crippen LogP contribution in [0.4, 0.5) is 5.69 Å². The van der Waals surface area contributed by atoms with Crippen LogP contribution in [0.25, 0.3) is 0 Å². The Morgan fingerprint density at radius 2 is 2.15 bits per heavy atom. The summed E-state index contributed by atoms with van der Waals surface area (Å²) >= 11 is 3.80. The molecule has 0 amide bonds. The minimum Gasteiger partial charge on any atom is -0.477 e. The number of nitro benzene ring substituents is 1. The van der Waals surface area contributed by atoms with E-state index in [0.29, 0.717) is 0 Å². The van der Waals surface area contributed by atoms with Crippen molar-refractivity contribution in [3.8, 4) is 0 Å². The van der Waals surface area contributed by atoms with Gasteiger partial charge in [-0.1, -0.05) is 6.07 Å². The van der Waals surface area contributed by atoms with Crippen LogP contribution in [0.15, 0.2) is 23.1 Å². The molecule has 13 heavy (non-hydrogen) atoms. The molecule has 0 aliphatic carbocycles. The van der Waals surface area contributed by atoms with Gasteiger partial charge in [-0.3, -0.25) is 10.1 Å². The summed E-state index contributed by atoms with van der Waals surface area (Å²) in [5, 5.41) is 19.0. The highest BCUT2D eigenvalue weighted by Crippen LogP contribution is 2.26. The molecule has 0 heterocycles. The Morgan fingerprint density at radius 3 is 2.54 bits per heavy atom. The second-order valence-electron chi connectivity index (χ2n) is 2.24. The van der Waals surface area contributed by atoms with E-state index in [9.17, 15) is 14.9 Å². The molecule has 0 radical (unpaired) electrons. The van der Waals surface area contributed by atoms with Crippen molar-refractivity contribution in [2.45, 2.75) is 4.90 Å². The van der Waals surface area contributed by atoms with Gasteiger partial charge < -0.3 is 5.11 Å². The van der Waals surface area contributed by atoms with Gasteiger partial charge in [0.05, 0.1) is 9.82 Å². The molecule has 0 bridgehead atoms. The predicted molar refractivity (Wildman–Crippen MR) is 47.3 cm³/mol. The van der Waals surface area contributed by atoms with Crippen LogP contribution in [0.3, 0.4) is 0 Å². The molecule has 6 heteroatoms. The molecule has 0 aliphatic heterocycles. The van der Waals surface area contributed by atoms with Gasteiger partial charge in [0.15, 0.2) is 0 Å². The number of carbonyl (C=O) groups is 1. The molecular formula is C7H5NO4S. The number of rotatable bonds is 2. The smallest absolute Gasteiger partial charge is 0.342 e. The molecular weight excluding hydrogens is 194 g/mol. The van der Waals surface area contributed by atoms with Gasteiger partial charge in [-0.15, -0.1) is 12.6 Å². The molecule has 5 nitrogen and oxygen atoms in total. The number of carboxylic acids is 1. The summed E-state index contributed by atoms with van der Waals surface area (Å²) in [6.45, 7) is 0. The van der Waals surface area contributed by atoms with Crippen LogP contribution in [-0.4, -0.2) is 16.0 Å². The van der Waals surface area contributed by atoms with Crippen molar-refractivity contribution in [1.29, 1.82) is 0 Å². The lowest BCUT2D eigenvalue weighted by molar-refractivity contribution is -0.388. The topological polar surface area (TPSA) is 80.4 Å². The number of nitro groups is 1. The Labute approximate surface area is 78.6 Å². The Kier molecular flexibility index (Phi) is 2.52. The SMILES string of the molecule is O=C(O)c1cccc(S)c1[N+](=O)[O-]. The van der Waals surface area contributed by atoms with E-state index in [1.54, 1.807) is 0 Å². The molecule has 0 saturated carbocycles. The van der Waals surface area contributed by atoms with E-state index in [1.807, 2.05) is 0 Å². The number of carboxylic acid groups (broad SMARTS) is 1. The normalized spacial score (nSPS) is 9.62. The van der Waals surface area contributed by atoms with E-state index in [4.69, 9.17) is 5.11 Å². The van der Waals surface area contributed by atoms with Crippen LogP contribution in [0.1, 0.15) is 10.4 Å². The summed E-state index contributed by atoms with van der Waals surface area (Å²) in [5.74, 6) is -1.33. The molecule has 0 saturated heterocycles. The fraction of sp³-hybridized carbons (Fsp3) is 0. The Balaban J connectivity index is 3.43. The summed E-state index contributed by atoms with van der Waals surface area (Å²) in [6.07, 6.45) is 0. The summed E-state index contributed by atoms with van der Waals surface area (Å²) in [4.78, 5) is 20.3. The average Bonchev–Trinajstić information content (AvgIpc) is 2.02. The third-order valence-electron chi connectivity index (χ3n) is 1.43. The monoisotopic (exact) mass is 199 g/mol. The van der Waals surface area contributed by atoms with Crippen molar-refractivity contribution in [2.24, 2.45) is 0 Å². The van der Waals surface area contributed by atoms with Gasteiger partial charge in [-0.25, -0.2) is 4.79 Å². The minimum absolute atomic E-state index is 0.0462. The van der Waals surface area contributed by atoms with E-state index in [1.165, 1.54) is 18.2 Å². The van der Waals surface area contributed by atoms with Gasteiger partial charge in [-0.2, -0.15) is 0 Å². The number of nitrogens with zero attached hydrogens (tertiary/aromatic N) is 1. The van der Waals surface area contributed by atoms with Crippen molar-refractivity contribution in [3.63, 3.8) is 0 Å². The predicted octanol–water partition coefficient (Wildman–Crippen LogP) is 1.58. The number of hydrogen-bond acceptors (Lipinski definition) is 4. The van der Waals surface area contributed by atoms with Gasteiger partial charge in [0.1, 0.15) is 5.56 Å². The minimum atomic E-state index is -1.33. The number of aromatic carboxylic acids is 1. The Hall–Kier alpha value is -1.56. The lowest BCUT2D eigenvalue weighted by Crippen LogP contribution is -2.02. The highest BCUT2D eigenvalue weighted by Gasteiger charge is 2.21. The van der Waals surface area contributed by atoms with Gasteiger partial charge in [-0.05, 0) is 12.1 Å². The van der Waals surface area contributed by atoms with Gasteiger partial charge in [0.25, 0.3) is 5.69 Å². The summed E-state index contributed by atoms with van der Waals surface area (Å²) in [6, 6.07) is 3.94. The van der Waals surface area contributed by atoms with E-state index in [0.717, 1.165) is 0 Å². The van der Waals surface area contributed by atoms with Gasteiger partial charge in [0.2, 0.25) is 0 Å². The molecule has 0 atom stereocenters. The maximum Gasteiger partial charge on any atom is 0.342 e. The maximum absolute atomic E-state index is 10.5. The second-order valence-corrected chi connectivity index (χ2v) is 2.72. The molecule has 1 aromatic carbocycles. The average molecular weight is 199 g/mol. The van der Waals surface area contributed by atoms with Crippen LogP contribution < -0.4 is 0 Å². The van der Waals surface area contributed by atoms with Crippen LogP contribution in [0, 0.1) is 10.1 Å². The quantitative estimate of drug-likeness (QED) is 0.430. The van der Waals surface area contributed by atoms with Crippen LogP contribution in [0.5, 0.6) is 0 Å². The van der Waals surface area contributed by atoms with E-state index < -0.39 is 16.6 Å². The maximum atomic E-state index is 10.5. The molecule has 0 spiro atoms. The third-order valence-corrected chi connectivity index (χ3v) is 1.79. The Bertz CT molecular complexity index is 377. The summed E-state index contributed by atoms with van der Waals surface area (Å²) in [5.41, 5.74) is -0.823. The zero-order chi connectivity index (χ0) is 10.0. The standard InChI is InChI=1S/C7H5NO4S/c9-7(10)4-2-1-3-5(13)6(4)8(11)12/h1-3,13H,(H,9,10). The molecule has 0 aliphatic rings. The van der Waals surface area contributed by atoms with E-state index >= 15 is 0 Å². The van der Waals surface area contributed by atoms with Crippen LogP contribution >= 0.6 is 12.6 Å². The van der Waals surface area contributed by atoms with Crippen molar-refractivity contribution in [2.75, 3.05) is 0 Å². The zero-order valence-corrected chi connectivity index (χ0v) is 7.19. The number of para-hydroxylation sites is 1. The highest BCUT2D eigenvalue weighted by atomic mass is 32.1. The fourth-order valence-electron chi connectivity index (χ4n) is 0.896. The van der Waals surface area contributed by atoms with Gasteiger partial charge >= 0.3 is 5.97 Å². The van der Waals surface area contributed by atoms with Crippen molar-refractivity contribution in [3.05, 3.63) is 33.9 Å². The van der Waals surface area contributed by atoms with E-state index in [2.05, 4.69) is 12.6 Å². The van der Waals surface area contributed by atoms with Crippen LogP contribution in [-0.2, 0) is 0 Å². The van der Waals surface area contributed by atoms with Crippen molar-refractivity contribution in [1.82, 2.24) is 0 Å². The zero-order valence-electron chi connectivity index (χ0n) is 6.30. The van der Waals surface area contributed by atoms with E-state index in [-0.39, 0.29) is 10.5 Å². The second kappa shape index (κ2) is 3.44.